The van der Waals surface area contributed by atoms with Crippen molar-refractivity contribution in [1.82, 2.24) is 9.13 Å². The highest BCUT2D eigenvalue weighted by atomic mass is 35.5. The number of ether oxygens (including phenoxy) is 2. The van der Waals surface area contributed by atoms with E-state index in [2.05, 4.69) is 19.1 Å². The quantitative estimate of drug-likeness (QED) is 0.444. The van der Waals surface area contributed by atoms with Crippen LogP contribution in [0.1, 0.15) is 22.3 Å². The summed E-state index contributed by atoms with van der Waals surface area (Å²) in [6, 6.07) is 9.98. The molecule has 0 bridgehead atoms. The van der Waals surface area contributed by atoms with Crippen molar-refractivity contribution in [2.24, 2.45) is 4.99 Å². The monoisotopic (exact) mass is 517 g/mol. The van der Waals surface area contributed by atoms with Crippen molar-refractivity contribution in [2.75, 3.05) is 27.5 Å². The van der Waals surface area contributed by atoms with Crippen LogP contribution in [-0.4, -0.2) is 36.7 Å². The summed E-state index contributed by atoms with van der Waals surface area (Å²) < 4.78 is 27.1. The van der Waals surface area contributed by atoms with Crippen molar-refractivity contribution in [2.45, 2.75) is 40.0 Å². The second-order valence-electron chi connectivity index (χ2n) is 9.44. The number of fused-ring (bicyclic) bond motifs is 3. The van der Waals surface area contributed by atoms with Crippen LogP contribution in [0, 0.1) is 20.8 Å². The van der Waals surface area contributed by atoms with Crippen LogP contribution in [0.5, 0.6) is 11.5 Å². The largest absolute Gasteiger partial charge is 0.493 e. The van der Waals surface area contributed by atoms with Gasteiger partial charge in [0.15, 0.2) is 11.5 Å². The average Bonchev–Trinajstić information content (AvgIpc) is 2.76. The van der Waals surface area contributed by atoms with E-state index in [0.29, 0.717) is 30.0 Å². The number of rotatable bonds is 5. The van der Waals surface area contributed by atoms with Crippen LogP contribution in [0.3, 0.4) is 0 Å². The van der Waals surface area contributed by atoms with E-state index in [4.69, 9.17) is 14.5 Å². The Morgan fingerprint density at radius 3 is 2.14 bits per heavy atom. The van der Waals surface area contributed by atoms with Gasteiger partial charge in [0, 0.05) is 18.2 Å². The number of methoxy groups -OCH3 is 2. The maximum absolute atomic E-state index is 13.7. The predicted molar refractivity (Wildman–Crippen MR) is 144 cm³/mol. The van der Waals surface area contributed by atoms with Crippen molar-refractivity contribution in [1.29, 1.82) is 0 Å². The zero-order chi connectivity index (χ0) is 24.8. The van der Waals surface area contributed by atoms with E-state index in [0.717, 1.165) is 39.2 Å². The van der Waals surface area contributed by atoms with Crippen molar-refractivity contribution >= 4 is 25.2 Å². The molecule has 0 atom stereocenters. The second kappa shape index (κ2) is 10.1. The summed E-state index contributed by atoms with van der Waals surface area (Å²) in [5, 5.41) is 0. The van der Waals surface area contributed by atoms with Crippen LogP contribution < -0.4 is 20.7 Å². The van der Waals surface area contributed by atoms with Crippen LogP contribution in [0.4, 0.5) is 5.69 Å². The molecule has 3 aromatic rings. The summed E-state index contributed by atoms with van der Waals surface area (Å²) in [6.07, 6.45) is 0.818. The van der Waals surface area contributed by atoms with Gasteiger partial charge in [-0.2, -0.15) is 0 Å². The number of hydrogen-bond donors (Lipinski definition) is 0. The Balaban J connectivity index is 0.00000342. The highest BCUT2D eigenvalue weighted by molar-refractivity contribution is 7.61. The van der Waals surface area contributed by atoms with Crippen molar-refractivity contribution in [3.63, 3.8) is 0 Å². The molecule has 0 fully saturated rings. The second-order valence-corrected chi connectivity index (χ2v) is 12.9. The van der Waals surface area contributed by atoms with Gasteiger partial charge in [0.25, 0.3) is 0 Å². The Morgan fingerprint density at radius 2 is 1.57 bits per heavy atom. The highest BCUT2D eigenvalue weighted by Crippen LogP contribution is 2.39. The molecule has 0 amide bonds. The standard InChI is InChI=1S/C26H32N3O4P.ClH/c1-16-10-17(2)25(18(3)11-16)27-24-14-21-20-13-23(33-5)22(32-4)12-19(20)8-9-28(21)26(30)29(24)15-34(6,7)31;/h10-14H,8-9,15H2,1-7H3;1H. The van der Waals surface area contributed by atoms with Gasteiger partial charge < -0.3 is 14.0 Å². The fourth-order valence-electron chi connectivity index (χ4n) is 4.69. The molecular formula is C26H33ClN3O4P. The molecule has 188 valence electrons. The lowest BCUT2D eigenvalue weighted by molar-refractivity contribution is 0.354. The Labute approximate surface area is 212 Å². The summed E-state index contributed by atoms with van der Waals surface area (Å²) in [4.78, 5) is 18.7. The van der Waals surface area contributed by atoms with E-state index in [1.54, 1.807) is 36.7 Å². The molecule has 2 aromatic carbocycles. The minimum Gasteiger partial charge on any atom is -0.493 e. The van der Waals surface area contributed by atoms with E-state index in [9.17, 15) is 9.36 Å². The van der Waals surface area contributed by atoms with Gasteiger partial charge in [0.1, 0.15) is 12.6 Å². The highest BCUT2D eigenvalue weighted by Gasteiger charge is 2.23. The number of aryl methyl sites for hydroxylation is 4. The van der Waals surface area contributed by atoms with Gasteiger partial charge in [-0.05, 0) is 69.3 Å². The lowest BCUT2D eigenvalue weighted by atomic mass is 9.97. The molecule has 2 heterocycles. The third-order valence-electron chi connectivity index (χ3n) is 6.13. The van der Waals surface area contributed by atoms with Gasteiger partial charge in [-0.3, -0.25) is 9.13 Å². The number of halogens is 1. The van der Waals surface area contributed by atoms with Gasteiger partial charge in [-0.1, -0.05) is 17.7 Å². The maximum atomic E-state index is 13.7. The summed E-state index contributed by atoms with van der Waals surface area (Å²) >= 11 is 0. The fraction of sp³-hybridized carbons (Fsp3) is 0.385. The number of benzene rings is 2. The summed E-state index contributed by atoms with van der Waals surface area (Å²) in [7, 11) is 0.666. The molecule has 0 saturated heterocycles. The molecule has 1 aliphatic rings. The van der Waals surface area contributed by atoms with E-state index >= 15 is 0 Å². The maximum Gasteiger partial charge on any atom is 0.330 e. The Morgan fingerprint density at radius 1 is 0.971 bits per heavy atom. The molecule has 0 radical (unpaired) electrons. The first-order valence-corrected chi connectivity index (χ1v) is 14.1. The van der Waals surface area contributed by atoms with Gasteiger partial charge >= 0.3 is 5.69 Å². The third-order valence-corrected chi connectivity index (χ3v) is 7.09. The van der Waals surface area contributed by atoms with Crippen LogP contribution in [-0.2, 0) is 23.8 Å². The van der Waals surface area contributed by atoms with Gasteiger partial charge in [0.2, 0.25) is 0 Å². The van der Waals surface area contributed by atoms with Gasteiger partial charge in [0.05, 0.1) is 31.9 Å². The average molecular weight is 518 g/mol. The predicted octanol–water partition coefficient (Wildman–Crippen LogP) is 5.05. The van der Waals surface area contributed by atoms with Crippen molar-refractivity contribution < 1.29 is 14.0 Å². The molecule has 0 N–H and O–H groups in total. The number of nitrogens with zero attached hydrogens (tertiary/aromatic N) is 3. The molecule has 35 heavy (non-hydrogen) atoms. The van der Waals surface area contributed by atoms with Crippen molar-refractivity contribution in [3.8, 4) is 22.8 Å². The lowest BCUT2D eigenvalue weighted by Crippen LogP contribution is -2.42. The molecule has 0 saturated carbocycles. The van der Waals surface area contributed by atoms with Gasteiger partial charge in [-0.25, -0.2) is 9.79 Å². The summed E-state index contributed by atoms with van der Waals surface area (Å²) in [6.45, 7) is 10.0. The third kappa shape index (κ3) is 5.26. The molecule has 9 heteroatoms. The Bertz CT molecular complexity index is 1440. The minimum absolute atomic E-state index is 0. The van der Waals surface area contributed by atoms with Crippen LogP contribution in [0.2, 0.25) is 0 Å². The molecule has 4 rings (SSSR count). The van der Waals surface area contributed by atoms with Crippen molar-refractivity contribution in [3.05, 3.63) is 68.6 Å². The van der Waals surface area contributed by atoms with E-state index in [-0.39, 0.29) is 24.4 Å². The van der Waals surface area contributed by atoms with Crippen LogP contribution in [0.25, 0.3) is 11.3 Å². The normalized spacial score (nSPS) is 13.1. The van der Waals surface area contributed by atoms with Gasteiger partial charge in [-0.15, -0.1) is 12.4 Å². The van der Waals surface area contributed by atoms with E-state index < -0.39 is 7.14 Å². The number of hydrogen-bond acceptors (Lipinski definition) is 5. The molecule has 0 aliphatic carbocycles. The topological polar surface area (TPSA) is 74.8 Å². The molecule has 0 spiro atoms. The summed E-state index contributed by atoms with van der Waals surface area (Å²) in [5.41, 5.74) is 7.11. The zero-order valence-corrected chi connectivity index (χ0v) is 23.0. The van der Waals surface area contributed by atoms with Crippen LogP contribution >= 0.6 is 19.5 Å². The van der Waals surface area contributed by atoms with Crippen LogP contribution in [0.15, 0.2) is 40.1 Å². The Kier molecular flexibility index (Phi) is 7.73. The molecule has 7 nitrogen and oxygen atoms in total. The molecule has 1 aromatic heterocycles. The zero-order valence-electron chi connectivity index (χ0n) is 21.3. The van der Waals surface area contributed by atoms with E-state index in [1.165, 1.54) is 0 Å². The number of aromatic nitrogens is 2. The summed E-state index contributed by atoms with van der Waals surface area (Å²) in [5.74, 6) is 1.27. The molecular weight excluding hydrogens is 485 g/mol. The first-order chi connectivity index (χ1) is 16.0. The van der Waals surface area contributed by atoms with E-state index in [1.807, 2.05) is 32.0 Å². The molecule has 0 unspecified atom stereocenters. The molecule has 1 aliphatic heterocycles. The Hall–Kier alpha value is -2.76. The first kappa shape index (κ1) is 26.8. The SMILES string of the molecule is COc1cc2c(cc1OC)-c1cc(=Nc3c(C)cc(C)cc3C)n(CP(C)(C)=O)c(=O)n1CC2.Cl. The lowest BCUT2D eigenvalue weighted by Gasteiger charge is -2.25. The smallest absolute Gasteiger partial charge is 0.330 e. The first-order valence-electron chi connectivity index (χ1n) is 11.3. The fourth-order valence-corrected chi connectivity index (χ4v) is 5.64. The minimum atomic E-state index is -2.55.